The van der Waals surface area contributed by atoms with Gasteiger partial charge in [0.15, 0.2) is 0 Å². The fourth-order valence-electron chi connectivity index (χ4n) is 3.35. The van der Waals surface area contributed by atoms with Gasteiger partial charge in [0.05, 0.1) is 0 Å². The molecule has 2 atom stereocenters. The highest BCUT2D eigenvalue weighted by Crippen LogP contribution is 2.51. The average molecular weight is 343 g/mol. The van der Waals surface area contributed by atoms with Gasteiger partial charge in [0.1, 0.15) is 5.60 Å². The average Bonchev–Trinajstić information content (AvgIpc) is 3.00. The zero-order chi connectivity index (χ0) is 18.0. The second kappa shape index (κ2) is 6.86. The Balaban J connectivity index is 1.38. The minimum Gasteiger partial charge on any atom is -0.444 e. The van der Waals surface area contributed by atoms with E-state index in [-0.39, 0.29) is 12.0 Å². The molecule has 1 saturated carbocycles. The molecule has 0 aromatic carbocycles. The number of pyridine rings is 1. The van der Waals surface area contributed by atoms with Gasteiger partial charge in [-0.05, 0) is 56.2 Å². The van der Waals surface area contributed by atoms with Gasteiger partial charge in [0, 0.05) is 38.1 Å². The third-order valence-electron chi connectivity index (χ3n) is 4.65. The summed E-state index contributed by atoms with van der Waals surface area (Å²) in [7, 11) is 0. The summed E-state index contributed by atoms with van der Waals surface area (Å²) in [5.74, 6) is 1.33. The molecule has 6 heteroatoms. The van der Waals surface area contributed by atoms with Crippen LogP contribution in [-0.4, -0.2) is 47.1 Å². The van der Waals surface area contributed by atoms with Crippen LogP contribution in [0.3, 0.4) is 0 Å². The molecule has 0 bridgehead atoms. The van der Waals surface area contributed by atoms with E-state index in [2.05, 4.69) is 10.3 Å². The highest BCUT2D eigenvalue weighted by atomic mass is 16.6. The van der Waals surface area contributed by atoms with E-state index >= 15 is 0 Å². The molecular weight excluding hydrogens is 318 g/mol. The quantitative estimate of drug-likeness (QED) is 0.852. The molecule has 2 aliphatic rings. The Bertz CT molecular complexity index is 654. The first-order valence-corrected chi connectivity index (χ1v) is 8.67. The maximum absolute atomic E-state index is 12.0. The highest BCUT2D eigenvalue weighted by molar-refractivity contribution is 5.91. The number of rotatable bonds is 4. The summed E-state index contributed by atoms with van der Waals surface area (Å²) in [6, 6.07) is 3.73. The van der Waals surface area contributed by atoms with Crippen LogP contribution in [0.25, 0.3) is 6.08 Å². The van der Waals surface area contributed by atoms with E-state index in [4.69, 9.17) is 4.74 Å². The van der Waals surface area contributed by atoms with E-state index in [0.29, 0.717) is 24.3 Å². The Morgan fingerprint density at radius 2 is 2.08 bits per heavy atom. The number of likely N-dealkylation sites (tertiary alicyclic amines) is 1. The van der Waals surface area contributed by atoms with Crippen molar-refractivity contribution in [2.24, 2.45) is 17.8 Å². The van der Waals surface area contributed by atoms with Crippen LogP contribution >= 0.6 is 0 Å². The molecule has 1 saturated heterocycles. The second-order valence-electron chi connectivity index (χ2n) is 7.74. The van der Waals surface area contributed by atoms with Gasteiger partial charge < -0.3 is 15.0 Å². The molecule has 25 heavy (non-hydrogen) atoms. The summed E-state index contributed by atoms with van der Waals surface area (Å²) in [4.78, 5) is 29.7. The smallest absolute Gasteiger partial charge is 0.410 e. The monoisotopic (exact) mass is 343 g/mol. The SMILES string of the molecule is CC(C)(C)OC(=O)N1CC2C(CNC(=O)/C=C/c3cccnc3)C2C1. The second-order valence-corrected chi connectivity index (χ2v) is 7.74. The van der Waals surface area contributed by atoms with Gasteiger partial charge in [-0.15, -0.1) is 0 Å². The molecule has 6 nitrogen and oxygen atoms in total. The number of hydrogen-bond acceptors (Lipinski definition) is 4. The Labute approximate surface area is 148 Å². The molecule has 1 N–H and O–H groups in total. The maximum Gasteiger partial charge on any atom is 0.410 e. The summed E-state index contributed by atoms with van der Waals surface area (Å²) in [5.41, 5.74) is 0.437. The third kappa shape index (κ3) is 4.59. The van der Waals surface area contributed by atoms with Crippen LogP contribution in [0.4, 0.5) is 4.79 Å². The Hall–Kier alpha value is -2.37. The van der Waals surface area contributed by atoms with Crippen LogP contribution in [0.15, 0.2) is 30.6 Å². The number of fused-ring (bicyclic) bond motifs is 1. The lowest BCUT2D eigenvalue weighted by Gasteiger charge is -2.25. The van der Waals surface area contributed by atoms with Gasteiger partial charge in [0.2, 0.25) is 5.91 Å². The standard InChI is InChI=1S/C19H25N3O3/c1-19(2,3)25-18(24)22-11-15-14(16(15)12-22)10-21-17(23)7-6-13-5-4-8-20-9-13/h4-9,14-16H,10-12H2,1-3H3,(H,21,23)/b7-6+. The first-order chi connectivity index (χ1) is 11.8. The molecule has 2 fully saturated rings. The van der Waals surface area contributed by atoms with Crippen LogP contribution in [0.5, 0.6) is 0 Å². The Kier molecular flexibility index (Phi) is 4.79. The van der Waals surface area contributed by atoms with Crippen LogP contribution in [-0.2, 0) is 9.53 Å². The van der Waals surface area contributed by atoms with Gasteiger partial charge >= 0.3 is 6.09 Å². The molecule has 0 radical (unpaired) electrons. The summed E-state index contributed by atoms with van der Waals surface area (Å²) in [5, 5.41) is 2.94. The molecule has 0 spiro atoms. The molecule has 1 aromatic heterocycles. The van der Waals surface area contributed by atoms with Gasteiger partial charge in [0.25, 0.3) is 0 Å². The number of ether oxygens (including phenoxy) is 1. The summed E-state index contributed by atoms with van der Waals surface area (Å²) < 4.78 is 5.40. The lowest BCUT2D eigenvalue weighted by atomic mass is 10.2. The molecule has 1 aliphatic carbocycles. The molecule has 134 valence electrons. The summed E-state index contributed by atoms with van der Waals surface area (Å²) in [6.07, 6.45) is 6.45. The van der Waals surface area contributed by atoms with E-state index in [9.17, 15) is 9.59 Å². The Morgan fingerprint density at radius 1 is 1.36 bits per heavy atom. The predicted octanol–water partition coefficient (Wildman–Crippen LogP) is 2.32. The van der Waals surface area contributed by atoms with Crippen molar-refractivity contribution in [1.29, 1.82) is 0 Å². The number of hydrogen-bond donors (Lipinski definition) is 1. The van der Waals surface area contributed by atoms with Crippen LogP contribution in [0, 0.1) is 17.8 Å². The highest BCUT2D eigenvalue weighted by Gasteiger charge is 2.56. The van der Waals surface area contributed by atoms with E-state index < -0.39 is 5.60 Å². The van der Waals surface area contributed by atoms with E-state index in [1.807, 2.05) is 32.9 Å². The van der Waals surface area contributed by atoms with E-state index in [0.717, 1.165) is 18.7 Å². The van der Waals surface area contributed by atoms with Crippen molar-refractivity contribution in [1.82, 2.24) is 15.2 Å². The number of nitrogens with one attached hydrogen (secondary N) is 1. The number of aromatic nitrogens is 1. The van der Waals surface area contributed by atoms with Crippen LogP contribution < -0.4 is 5.32 Å². The normalized spacial score (nSPS) is 24.9. The van der Waals surface area contributed by atoms with Gasteiger partial charge in [-0.25, -0.2) is 4.79 Å². The van der Waals surface area contributed by atoms with Crippen LogP contribution in [0.2, 0.25) is 0 Å². The van der Waals surface area contributed by atoms with Crippen molar-refractivity contribution < 1.29 is 14.3 Å². The van der Waals surface area contributed by atoms with Crippen molar-refractivity contribution in [3.05, 3.63) is 36.2 Å². The summed E-state index contributed by atoms with van der Waals surface area (Å²) in [6.45, 7) is 7.74. The van der Waals surface area contributed by atoms with Crippen molar-refractivity contribution >= 4 is 18.1 Å². The number of carbonyl (C=O) groups excluding carboxylic acids is 2. The van der Waals surface area contributed by atoms with Crippen molar-refractivity contribution in [2.75, 3.05) is 19.6 Å². The lowest BCUT2D eigenvalue weighted by molar-refractivity contribution is -0.116. The first kappa shape index (κ1) is 17.5. The summed E-state index contributed by atoms with van der Waals surface area (Å²) >= 11 is 0. The topological polar surface area (TPSA) is 71.5 Å². The number of nitrogens with zero attached hydrogens (tertiary/aromatic N) is 2. The molecule has 2 amide bonds. The van der Waals surface area contributed by atoms with Crippen LogP contribution in [0.1, 0.15) is 26.3 Å². The first-order valence-electron chi connectivity index (χ1n) is 8.67. The zero-order valence-corrected chi connectivity index (χ0v) is 14.9. The maximum atomic E-state index is 12.0. The predicted molar refractivity (Wildman–Crippen MR) is 94.6 cm³/mol. The molecular formula is C19H25N3O3. The Morgan fingerprint density at radius 3 is 2.68 bits per heavy atom. The lowest BCUT2D eigenvalue weighted by Crippen LogP contribution is -2.38. The molecule has 2 unspecified atom stereocenters. The van der Waals surface area contributed by atoms with Gasteiger partial charge in [-0.2, -0.15) is 0 Å². The van der Waals surface area contributed by atoms with Crippen molar-refractivity contribution in [2.45, 2.75) is 26.4 Å². The minimum atomic E-state index is -0.460. The molecule has 2 heterocycles. The largest absolute Gasteiger partial charge is 0.444 e. The van der Waals surface area contributed by atoms with E-state index in [1.165, 1.54) is 6.08 Å². The van der Waals surface area contributed by atoms with E-state index in [1.54, 1.807) is 23.4 Å². The number of carbonyl (C=O) groups is 2. The number of amides is 2. The van der Waals surface area contributed by atoms with Crippen molar-refractivity contribution in [3.63, 3.8) is 0 Å². The number of piperidine rings is 1. The third-order valence-corrected chi connectivity index (χ3v) is 4.65. The van der Waals surface area contributed by atoms with Crippen molar-refractivity contribution in [3.8, 4) is 0 Å². The fraction of sp³-hybridized carbons (Fsp3) is 0.526. The minimum absolute atomic E-state index is 0.0992. The van der Waals surface area contributed by atoms with Gasteiger partial charge in [-0.3, -0.25) is 9.78 Å². The molecule has 1 aromatic rings. The molecule has 1 aliphatic heterocycles. The molecule has 3 rings (SSSR count). The van der Waals surface area contributed by atoms with Gasteiger partial charge in [-0.1, -0.05) is 6.07 Å². The fourth-order valence-corrected chi connectivity index (χ4v) is 3.35. The zero-order valence-electron chi connectivity index (χ0n) is 14.9.